The number of hydrogen-bond donors (Lipinski definition) is 0. The first-order valence-corrected chi connectivity index (χ1v) is 7.68. The van der Waals surface area contributed by atoms with Crippen molar-refractivity contribution in [2.75, 3.05) is 13.6 Å². The van der Waals surface area contributed by atoms with Crippen LogP contribution in [0.15, 0.2) is 30.5 Å². The SMILES string of the molecule is CC(C)CN(C)C(=O)CC1CC(c2ccc(Cl)cc2)=CO1. The average molecular weight is 308 g/mol. The summed E-state index contributed by atoms with van der Waals surface area (Å²) in [6.07, 6.45) is 2.90. The fourth-order valence-electron chi connectivity index (χ4n) is 2.49. The van der Waals surface area contributed by atoms with Crippen molar-refractivity contribution in [3.8, 4) is 0 Å². The molecule has 1 unspecified atom stereocenters. The first kappa shape index (κ1) is 15.9. The van der Waals surface area contributed by atoms with E-state index in [1.54, 1.807) is 11.2 Å². The molecule has 0 saturated carbocycles. The van der Waals surface area contributed by atoms with Crippen LogP contribution in [-0.4, -0.2) is 30.5 Å². The van der Waals surface area contributed by atoms with Gasteiger partial charge in [0.25, 0.3) is 0 Å². The van der Waals surface area contributed by atoms with Crippen molar-refractivity contribution >= 4 is 23.1 Å². The molecular formula is C17H22ClNO2. The summed E-state index contributed by atoms with van der Waals surface area (Å²) >= 11 is 5.89. The van der Waals surface area contributed by atoms with Crippen molar-refractivity contribution in [3.63, 3.8) is 0 Å². The molecule has 1 aromatic rings. The molecule has 3 nitrogen and oxygen atoms in total. The Bertz CT molecular complexity index is 522. The molecule has 0 bridgehead atoms. The van der Waals surface area contributed by atoms with E-state index in [0.717, 1.165) is 29.1 Å². The third-order valence-corrected chi connectivity index (χ3v) is 3.78. The molecule has 0 saturated heterocycles. The number of amides is 1. The van der Waals surface area contributed by atoms with Gasteiger partial charge < -0.3 is 9.64 Å². The Labute approximate surface area is 131 Å². The standard InChI is InChI=1S/C17H22ClNO2/c1-12(2)10-19(3)17(20)9-16-8-14(11-21-16)13-4-6-15(18)7-5-13/h4-7,11-12,16H,8-10H2,1-3H3. The molecule has 1 aliphatic heterocycles. The number of hydrogen-bond acceptors (Lipinski definition) is 2. The Morgan fingerprint density at radius 1 is 1.38 bits per heavy atom. The van der Waals surface area contributed by atoms with E-state index in [1.807, 2.05) is 31.3 Å². The summed E-state index contributed by atoms with van der Waals surface area (Å²) in [7, 11) is 1.85. The third kappa shape index (κ3) is 4.50. The maximum Gasteiger partial charge on any atom is 0.226 e. The van der Waals surface area contributed by atoms with Gasteiger partial charge in [0.05, 0.1) is 12.7 Å². The van der Waals surface area contributed by atoms with Crippen molar-refractivity contribution in [2.24, 2.45) is 5.92 Å². The minimum Gasteiger partial charge on any atom is -0.497 e. The monoisotopic (exact) mass is 307 g/mol. The van der Waals surface area contributed by atoms with Gasteiger partial charge in [-0.05, 0) is 29.2 Å². The number of carbonyl (C=O) groups excluding carboxylic acids is 1. The van der Waals surface area contributed by atoms with Crippen LogP contribution < -0.4 is 0 Å². The highest BCUT2D eigenvalue weighted by Crippen LogP contribution is 2.29. The molecule has 0 fully saturated rings. The van der Waals surface area contributed by atoms with Gasteiger partial charge in [0, 0.05) is 25.0 Å². The summed E-state index contributed by atoms with van der Waals surface area (Å²) < 4.78 is 5.63. The normalized spacial score (nSPS) is 17.6. The quantitative estimate of drug-likeness (QED) is 0.823. The number of halogens is 1. The summed E-state index contributed by atoms with van der Waals surface area (Å²) in [5.41, 5.74) is 2.22. The molecule has 1 aromatic carbocycles. The third-order valence-electron chi connectivity index (χ3n) is 3.53. The van der Waals surface area contributed by atoms with Gasteiger partial charge in [0.15, 0.2) is 0 Å². The molecule has 0 aromatic heterocycles. The van der Waals surface area contributed by atoms with Crippen LogP contribution in [-0.2, 0) is 9.53 Å². The summed E-state index contributed by atoms with van der Waals surface area (Å²) in [5.74, 6) is 0.616. The van der Waals surface area contributed by atoms with Gasteiger partial charge >= 0.3 is 0 Å². The Morgan fingerprint density at radius 3 is 2.67 bits per heavy atom. The molecule has 1 heterocycles. The summed E-state index contributed by atoms with van der Waals surface area (Å²) in [6.45, 7) is 5.00. The van der Waals surface area contributed by atoms with E-state index < -0.39 is 0 Å². The van der Waals surface area contributed by atoms with E-state index in [0.29, 0.717) is 12.3 Å². The zero-order chi connectivity index (χ0) is 15.4. The second-order valence-electron chi connectivity index (χ2n) is 5.98. The zero-order valence-electron chi connectivity index (χ0n) is 12.8. The van der Waals surface area contributed by atoms with Crippen LogP contribution in [0.3, 0.4) is 0 Å². The Hall–Kier alpha value is -1.48. The zero-order valence-corrected chi connectivity index (χ0v) is 13.6. The van der Waals surface area contributed by atoms with Crippen LogP contribution in [0.25, 0.3) is 5.57 Å². The number of nitrogens with zero attached hydrogens (tertiary/aromatic N) is 1. The second-order valence-corrected chi connectivity index (χ2v) is 6.42. The topological polar surface area (TPSA) is 29.5 Å². The van der Waals surface area contributed by atoms with Crippen LogP contribution in [0, 0.1) is 5.92 Å². The van der Waals surface area contributed by atoms with Gasteiger partial charge in [-0.2, -0.15) is 0 Å². The van der Waals surface area contributed by atoms with E-state index >= 15 is 0 Å². The highest BCUT2D eigenvalue weighted by molar-refractivity contribution is 6.30. The lowest BCUT2D eigenvalue weighted by Gasteiger charge is -2.21. The van der Waals surface area contributed by atoms with Gasteiger partial charge in [-0.1, -0.05) is 37.6 Å². The lowest BCUT2D eigenvalue weighted by atomic mass is 10.0. The minimum absolute atomic E-state index is 0.0576. The predicted octanol–water partition coefficient (Wildman–Crippen LogP) is 3.97. The maximum absolute atomic E-state index is 12.1. The number of rotatable bonds is 5. The molecule has 0 N–H and O–H groups in total. The predicted molar refractivity (Wildman–Crippen MR) is 86.0 cm³/mol. The fraction of sp³-hybridized carbons (Fsp3) is 0.471. The molecule has 0 spiro atoms. The average Bonchev–Trinajstić information content (AvgIpc) is 2.87. The molecule has 4 heteroatoms. The molecule has 2 rings (SSSR count). The van der Waals surface area contributed by atoms with E-state index in [9.17, 15) is 4.79 Å². The smallest absolute Gasteiger partial charge is 0.226 e. The first-order valence-electron chi connectivity index (χ1n) is 7.30. The molecule has 1 aliphatic rings. The van der Waals surface area contributed by atoms with Gasteiger partial charge in [-0.3, -0.25) is 4.79 Å². The van der Waals surface area contributed by atoms with Gasteiger partial charge in [0.1, 0.15) is 6.10 Å². The van der Waals surface area contributed by atoms with Crippen LogP contribution in [0.1, 0.15) is 32.3 Å². The molecule has 114 valence electrons. The van der Waals surface area contributed by atoms with Crippen molar-refractivity contribution in [1.29, 1.82) is 0 Å². The van der Waals surface area contributed by atoms with Crippen LogP contribution in [0.4, 0.5) is 0 Å². The Morgan fingerprint density at radius 2 is 2.05 bits per heavy atom. The number of ether oxygens (including phenoxy) is 1. The van der Waals surface area contributed by atoms with Crippen molar-refractivity contribution < 1.29 is 9.53 Å². The Balaban J connectivity index is 1.87. The van der Waals surface area contributed by atoms with E-state index in [1.165, 1.54) is 0 Å². The van der Waals surface area contributed by atoms with Gasteiger partial charge in [0.2, 0.25) is 5.91 Å². The number of carbonyl (C=O) groups is 1. The Kier molecular flexibility index (Phi) is 5.29. The minimum atomic E-state index is -0.0576. The largest absolute Gasteiger partial charge is 0.497 e. The van der Waals surface area contributed by atoms with Crippen molar-refractivity contribution in [2.45, 2.75) is 32.8 Å². The highest BCUT2D eigenvalue weighted by Gasteiger charge is 2.24. The molecule has 1 atom stereocenters. The molecule has 0 radical (unpaired) electrons. The van der Waals surface area contributed by atoms with Crippen LogP contribution >= 0.6 is 11.6 Å². The molecule has 0 aliphatic carbocycles. The van der Waals surface area contributed by atoms with Crippen molar-refractivity contribution in [1.82, 2.24) is 4.90 Å². The lowest BCUT2D eigenvalue weighted by Crippen LogP contribution is -2.32. The van der Waals surface area contributed by atoms with Crippen molar-refractivity contribution in [3.05, 3.63) is 41.1 Å². The highest BCUT2D eigenvalue weighted by atomic mass is 35.5. The maximum atomic E-state index is 12.1. The molecule has 1 amide bonds. The van der Waals surface area contributed by atoms with E-state index in [-0.39, 0.29) is 12.0 Å². The lowest BCUT2D eigenvalue weighted by molar-refractivity contribution is -0.132. The molecular weight excluding hydrogens is 286 g/mol. The first-order chi connectivity index (χ1) is 9.95. The van der Waals surface area contributed by atoms with E-state index in [4.69, 9.17) is 16.3 Å². The van der Waals surface area contributed by atoms with Gasteiger partial charge in [-0.25, -0.2) is 0 Å². The fourth-order valence-corrected chi connectivity index (χ4v) is 2.62. The molecule has 21 heavy (non-hydrogen) atoms. The summed E-state index contributed by atoms with van der Waals surface area (Å²) in [4.78, 5) is 13.9. The second kappa shape index (κ2) is 6.99. The number of benzene rings is 1. The van der Waals surface area contributed by atoms with E-state index in [2.05, 4.69) is 13.8 Å². The van der Waals surface area contributed by atoms with Crippen LogP contribution in [0.2, 0.25) is 5.02 Å². The summed E-state index contributed by atoms with van der Waals surface area (Å²) in [5, 5.41) is 0.723. The summed E-state index contributed by atoms with van der Waals surface area (Å²) in [6, 6.07) is 7.69. The van der Waals surface area contributed by atoms with Crippen LogP contribution in [0.5, 0.6) is 0 Å². The van der Waals surface area contributed by atoms with Gasteiger partial charge in [-0.15, -0.1) is 0 Å².